The van der Waals surface area contributed by atoms with Crippen LogP contribution >= 0.6 is 0 Å². The summed E-state index contributed by atoms with van der Waals surface area (Å²) in [6, 6.07) is 0.585. The fourth-order valence-electron chi connectivity index (χ4n) is 2.63. The highest BCUT2D eigenvalue weighted by molar-refractivity contribution is 7.91. The molecule has 1 unspecified atom stereocenters. The van der Waals surface area contributed by atoms with E-state index in [1.807, 2.05) is 0 Å². The van der Waals surface area contributed by atoms with Gasteiger partial charge in [-0.15, -0.1) is 0 Å². The van der Waals surface area contributed by atoms with Gasteiger partial charge in [0.05, 0.1) is 5.75 Å². The molecule has 0 amide bonds. The minimum atomic E-state index is -2.81. The average Bonchev–Trinajstić information content (AvgIpc) is 2.43. The molecule has 0 aromatic heterocycles. The quantitative estimate of drug-likeness (QED) is 0.736. The second-order valence-electron chi connectivity index (χ2n) is 5.66. The summed E-state index contributed by atoms with van der Waals surface area (Å²) in [5.41, 5.74) is 0. The molecule has 19 heavy (non-hydrogen) atoms. The van der Waals surface area contributed by atoms with Crippen LogP contribution < -0.4 is 5.32 Å². The lowest BCUT2D eigenvalue weighted by Crippen LogP contribution is -2.43. The summed E-state index contributed by atoms with van der Waals surface area (Å²) < 4.78 is 23.0. The van der Waals surface area contributed by atoms with E-state index in [1.165, 1.54) is 19.3 Å². The maximum atomic E-state index is 11.5. The van der Waals surface area contributed by atoms with Gasteiger partial charge in [0.2, 0.25) is 0 Å². The van der Waals surface area contributed by atoms with Gasteiger partial charge in [0.25, 0.3) is 0 Å². The van der Waals surface area contributed by atoms with Crippen molar-refractivity contribution in [1.29, 1.82) is 0 Å². The van der Waals surface area contributed by atoms with E-state index in [4.69, 9.17) is 0 Å². The van der Waals surface area contributed by atoms with Crippen LogP contribution in [-0.4, -0.2) is 57.0 Å². The number of piperidine rings is 1. The van der Waals surface area contributed by atoms with Crippen molar-refractivity contribution in [2.75, 3.05) is 37.7 Å². The van der Waals surface area contributed by atoms with Crippen LogP contribution in [0.15, 0.2) is 0 Å². The van der Waals surface area contributed by atoms with Crippen molar-refractivity contribution in [2.24, 2.45) is 5.92 Å². The Morgan fingerprint density at radius 3 is 2.42 bits per heavy atom. The molecule has 1 aliphatic heterocycles. The van der Waals surface area contributed by atoms with Gasteiger partial charge in [-0.1, -0.05) is 13.8 Å². The van der Waals surface area contributed by atoms with Crippen LogP contribution in [0.3, 0.4) is 0 Å². The van der Waals surface area contributed by atoms with Crippen molar-refractivity contribution in [1.82, 2.24) is 10.2 Å². The molecule has 0 aromatic rings. The largest absolute Gasteiger partial charge is 0.314 e. The molecule has 1 rings (SSSR count). The van der Waals surface area contributed by atoms with Crippen molar-refractivity contribution in [3.8, 4) is 0 Å². The minimum absolute atomic E-state index is 0.265. The third-order valence-electron chi connectivity index (χ3n) is 4.21. The first-order valence-corrected chi connectivity index (χ1v) is 9.46. The predicted octanol–water partition coefficient (Wildman–Crippen LogP) is 1.52. The molecular formula is C14H30N2O2S. The molecule has 1 heterocycles. The lowest BCUT2D eigenvalue weighted by Gasteiger charge is -2.35. The fraction of sp³-hybridized carbons (Fsp3) is 1.00. The van der Waals surface area contributed by atoms with E-state index in [2.05, 4.69) is 24.1 Å². The second-order valence-corrected chi connectivity index (χ2v) is 8.13. The van der Waals surface area contributed by atoms with Gasteiger partial charge in [-0.2, -0.15) is 0 Å². The minimum Gasteiger partial charge on any atom is -0.314 e. The van der Waals surface area contributed by atoms with Crippen LogP contribution in [-0.2, 0) is 9.84 Å². The molecule has 0 bridgehead atoms. The molecule has 1 fully saturated rings. The monoisotopic (exact) mass is 290 g/mol. The number of rotatable bonds is 8. The SMILES string of the molecule is CCCNC(C)C1CCN(CCS(=O)(=O)CC)CC1. The zero-order valence-electron chi connectivity index (χ0n) is 12.7. The third-order valence-corrected chi connectivity index (χ3v) is 5.90. The van der Waals surface area contributed by atoms with E-state index < -0.39 is 9.84 Å². The van der Waals surface area contributed by atoms with Crippen LogP contribution in [0.1, 0.15) is 40.0 Å². The number of hydrogen-bond acceptors (Lipinski definition) is 4. The summed E-state index contributed by atoms with van der Waals surface area (Å²) in [5.74, 6) is 1.32. The van der Waals surface area contributed by atoms with Gasteiger partial charge < -0.3 is 10.2 Å². The van der Waals surface area contributed by atoms with Gasteiger partial charge >= 0.3 is 0 Å². The Morgan fingerprint density at radius 2 is 1.89 bits per heavy atom. The summed E-state index contributed by atoms with van der Waals surface area (Å²) >= 11 is 0. The number of likely N-dealkylation sites (tertiary alicyclic amines) is 1. The van der Waals surface area contributed by atoms with E-state index >= 15 is 0 Å². The number of nitrogens with one attached hydrogen (secondary N) is 1. The van der Waals surface area contributed by atoms with Crippen LogP contribution in [0.25, 0.3) is 0 Å². The topological polar surface area (TPSA) is 49.4 Å². The van der Waals surface area contributed by atoms with Gasteiger partial charge in [-0.05, 0) is 51.7 Å². The van der Waals surface area contributed by atoms with Crippen LogP contribution in [0, 0.1) is 5.92 Å². The summed E-state index contributed by atoms with van der Waals surface area (Å²) in [7, 11) is -2.81. The Balaban J connectivity index is 2.25. The molecule has 0 saturated carbocycles. The molecule has 1 N–H and O–H groups in total. The highest BCUT2D eigenvalue weighted by atomic mass is 32.2. The molecule has 0 radical (unpaired) electrons. The zero-order chi connectivity index (χ0) is 14.3. The van der Waals surface area contributed by atoms with E-state index in [0.29, 0.717) is 18.3 Å². The summed E-state index contributed by atoms with van der Waals surface area (Å²) in [6.07, 6.45) is 3.55. The normalized spacial score (nSPS) is 20.6. The van der Waals surface area contributed by atoms with Gasteiger partial charge in [-0.25, -0.2) is 8.42 Å². The van der Waals surface area contributed by atoms with Crippen LogP contribution in [0.5, 0.6) is 0 Å². The van der Waals surface area contributed by atoms with Crippen LogP contribution in [0.4, 0.5) is 0 Å². The first kappa shape index (κ1) is 16.9. The maximum absolute atomic E-state index is 11.5. The molecule has 0 spiro atoms. The lowest BCUT2D eigenvalue weighted by atomic mass is 9.90. The number of hydrogen-bond donors (Lipinski definition) is 1. The first-order valence-electron chi connectivity index (χ1n) is 7.64. The first-order chi connectivity index (χ1) is 8.98. The summed E-state index contributed by atoms with van der Waals surface area (Å²) in [6.45, 7) is 10.1. The molecule has 4 nitrogen and oxygen atoms in total. The molecule has 0 aromatic carbocycles. The van der Waals surface area contributed by atoms with Crippen LogP contribution in [0.2, 0.25) is 0 Å². The molecule has 1 aliphatic rings. The molecule has 5 heteroatoms. The fourth-order valence-corrected chi connectivity index (χ4v) is 3.45. The van der Waals surface area contributed by atoms with Crippen molar-refractivity contribution >= 4 is 9.84 Å². The van der Waals surface area contributed by atoms with Crippen molar-refractivity contribution in [3.05, 3.63) is 0 Å². The maximum Gasteiger partial charge on any atom is 0.151 e. The Bertz CT molecular complexity index is 335. The average molecular weight is 290 g/mol. The lowest BCUT2D eigenvalue weighted by molar-refractivity contribution is 0.170. The summed E-state index contributed by atoms with van der Waals surface area (Å²) in [4.78, 5) is 2.30. The third kappa shape index (κ3) is 6.23. The van der Waals surface area contributed by atoms with Crippen molar-refractivity contribution in [3.63, 3.8) is 0 Å². The highest BCUT2D eigenvalue weighted by Crippen LogP contribution is 2.20. The Labute approximate surface area is 118 Å². The van der Waals surface area contributed by atoms with E-state index in [-0.39, 0.29) is 5.75 Å². The zero-order valence-corrected chi connectivity index (χ0v) is 13.5. The van der Waals surface area contributed by atoms with Gasteiger partial charge in [0.15, 0.2) is 9.84 Å². The van der Waals surface area contributed by atoms with E-state index in [0.717, 1.165) is 25.6 Å². The number of nitrogens with zero attached hydrogens (tertiary/aromatic N) is 1. The predicted molar refractivity (Wildman–Crippen MR) is 81.2 cm³/mol. The van der Waals surface area contributed by atoms with E-state index in [1.54, 1.807) is 6.92 Å². The van der Waals surface area contributed by atoms with Gasteiger partial charge in [-0.3, -0.25) is 0 Å². The Morgan fingerprint density at radius 1 is 1.26 bits per heavy atom. The van der Waals surface area contributed by atoms with E-state index in [9.17, 15) is 8.42 Å². The van der Waals surface area contributed by atoms with Crippen molar-refractivity contribution in [2.45, 2.75) is 46.1 Å². The molecule has 1 saturated heterocycles. The molecule has 114 valence electrons. The van der Waals surface area contributed by atoms with Crippen molar-refractivity contribution < 1.29 is 8.42 Å². The molecule has 0 aliphatic carbocycles. The summed E-state index contributed by atoms with van der Waals surface area (Å²) in [5, 5.41) is 3.57. The standard InChI is InChI=1S/C14H30N2O2S/c1-4-8-15-13(3)14-6-9-16(10-7-14)11-12-19(17,18)5-2/h13-15H,4-12H2,1-3H3. The molecular weight excluding hydrogens is 260 g/mol. The van der Waals surface area contributed by atoms with Gasteiger partial charge in [0, 0.05) is 18.3 Å². The second kappa shape index (κ2) is 8.22. The highest BCUT2D eigenvalue weighted by Gasteiger charge is 2.24. The smallest absolute Gasteiger partial charge is 0.151 e. The number of sulfone groups is 1. The van der Waals surface area contributed by atoms with Gasteiger partial charge in [0.1, 0.15) is 0 Å². The molecule has 1 atom stereocenters. The Kier molecular flexibility index (Phi) is 7.32. The Hall–Kier alpha value is -0.130.